The fraction of sp³-hybridized carbons (Fsp3) is 0.846. The van der Waals surface area contributed by atoms with Crippen LogP contribution in [0.25, 0.3) is 0 Å². The Labute approximate surface area is 114 Å². The van der Waals surface area contributed by atoms with Gasteiger partial charge in [-0.3, -0.25) is 0 Å². The molecule has 0 aliphatic carbocycles. The van der Waals surface area contributed by atoms with Crippen LogP contribution in [-0.2, 0) is 4.74 Å². The molecule has 108 valence electrons. The third kappa shape index (κ3) is 3.91. The first kappa shape index (κ1) is 14.3. The molecule has 0 spiro atoms. The molecule has 0 radical (unpaired) electrons. The van der Waals surface area contributed by atoms with Crippen LogP contribution in [0.2, 0.25) is 0 Å². The van der Waals surface area contributed by atoms with Crippen molar-refractivity contribution in [2.24, 2.45) is 5.92 Å². The van der Waals surface area contributed by atoms with E-state index < -0.39 is 0 Å². The topological polar surface area (TPSA) is 72.2 Å². The van der Waals surface area contributed by atoms with Gasteiger partial charge in [-0.2, -0.15) is 0 Å². The first-order valence-electron chi connectivity index (χ1n) is 7.11. The van der Waals surface area contributed by atoms with Gasteiger partial charge >= 0.3 is 6.01 Å². The van der Waals surface area contributed by atoms with Crippen LogP contribution in [0.5, 0.6) is 0 Å². The van der Waals surface area contributed by atoms with E-state index in [-0.39, 0.29) is 12.1 Å². The van der Waals surface area contributed by atoms with Gasteiger partial charge in [-0.25, -0.2) is 0 Å². The van der Waals surface area contributed by atoms with Crippen LogP contribution >= 0.6 is 0 Å². The molecule has 2 heterocycles. The molecule has 0 aromatic carbocycles. The third-order valence-corrected chi connectivity index (χ3v) is 3.53. The summed E-state index contributed by atoms with van der Waals surface area (Å²) in [5, 5.41) is 14.7. The Kier molecular flexibility index (Phi) is 5.15. The summed E-state index contributed by atoms with van der Waals surface area (Å²) in [6.45, 7) is 8.89. The molecule has 1 saturated heterocycles. The summed E-state index contributed by atoms with van der Waals surface area (Å²) < 4.78 is 11.0. The average molecular weight is 268 g/mol. The largest absolute Gasteiger partial charge is 0.406 e. The highest BCUT2D eigenvalue weighted by Crippen LogP contribution is 2.20. The molecule has 0 amide bonds. The summed E-state index contributed by atoms with van der Waals surface area (Å²) >= 11 is 0. The van der Waals surface area contributed by atoms with Crippen LogP contribution in [0.4, 0.5) is 6.01 Å². The summed E-state index contributed by atoms with van der Waals surface area (Å²) in [7, 11) is 0. The van der Waals surface area contributed by atoms with Crippen LogP contribution in [0.1, 0.15) is 45.5 Å². The standard InChI is InChI=1S/C13H24N4O2/c1-4-6-14-10(3)12-16-17-13(19-12)15-9(2)11-5-7-18-8-11/h9-11,14H,4-8H2,1-3H3,(H,15,17). The minimum atomic E-state index is 0.0909. The van der Waals surface area contributed by atoms with Gasteiger partial charge in [0.2, 0.25) is 5.89 Å². The molecule has 3 unspecified atom stereocenters. The van der Waals surface area contributed by atoms with E-state index in [2.05, 4.69) is 34.7 Å². The number of ether oxygens (including phenoxy) is 1. The summed E-state index contributed by atoms with van der Waals surface area (Å²) in [5.41, 5.74) is 0. The van der Waals surface area contributed by atoms with Crippen molar-refractivity contribution in [1.29, 1.82) is 0 Å². The fourth-order valence-electron chi connectivity index (χ4n) is 2.18. The van der Waals surface area contributed by atoms with Gasteiger partial charge < -0.3 is 19.8 Å². The van der Waals surface area contributed by atoms with Gasteiger partial charge in [0.25, 0.3) is 0 Å². The molecule has 19 heavy (non-hydrogen) atoms. The van der Waals surface area contributed by atoms with Gasteiger partial charge in [-0.05, 0) is 33.2 Å². The Morgan fingerprint density at radius 1 is 1.37 bits per heavy atom. The minimum Gasteiger partial charge on any atom is -0.406 e. The molecule has 3 atom stereocenters. The van der Waals surface area contributed by atoms with Crippen LogP contribution in [0.15, 0.2) is 4.42 Å². The van der Waals surface area contributed by atoms with Crippen molar-refractivity contribution in [2.75, 3.05) is 25.1 Å². The van der Waals surface area contributed by atoms with Crippen molar-refractivity contribution in [3.8, 4) is 0 Å². The Hall–Kier alpha value is -1.14. The maximum absolute atomic E-state index is 5.64. The Morgan fingerprint density at radius 3 is 2.89 bits per heavy atom. The number of aromatic nitrogens is 2. The SMILES string of the molecule is CCCNC(C)c1nnc(NC(C)C2CCOC2)o1. The molecular formula is C13H24N4O2. The normalized spacial score (nSPS) is 22.4. The summed E-state index contributed by atoms with van der Waals surface area (Å²) in [5.74, 6) is 1.15. The molecule has 0 bridgehead atoms. The monoisotopic (exact) mass is 268 g/mol. The predicted octanol–water partition coefficient (Wildman–Crippen LogP) is 1.97. The van der Waals surface area contributed by atoms with Crippen LogP contribution in [0, 0.1) is 5.92 Å². The second-order valence-corrected chi connectivity index (χ2v) is 5.18. The number of hydrogen-bond donors (Lipinski definition) is 2. The van der Waals surface area contributed by atoms with Crippen LogP contribution in [-0.4, -0.2) is 36.0 Å². The molecule has 1 fully saturated rings. The minimum absolute atomic E-state index is 0.0909. The van der Waals surface area contributed by atoms with E-state index in [1.165, 1.54) is 0 Å². The number of nitrogens with one attached hydrogen (secondary N) is 2. The Bertz CT molecular complexity index is 376. The van der Waals surface area contributed by atoms with Crippen molar-refractivity contribution in [2.45, 2.75) is 45.7 Å². The average Bonchev–Trinajstić information content (AvgIpc) is 3.06. The van der Waals surface area contributed by atoms with Gasteiger partial charge in [-0.1, -0.05) is 12.0 Å². The first-order valence-corrected chi connectivity index (χ1v) is 7.11. The molecule has 2 N–H and O–H groups in total. The second kappa shape index (κ2) is 6.86. The van der Waals surface area contributed by atoms with E-state index >= 15 is 0 Å². The molecule has 1 aliphatic rings. The van der Waals surface area contributed by atoms with Crippen LogP contribution in [0.3, 0.4) is 0 Å². The molecular weight excluding hydrogens is 244 g/mol. The zero-order chi connectivity index (χ0) is 13.7. The van der Waals surface area contributed by atoms with E-state index in [1.54, 1.807) is 0 Å². The van der Waals surface area contributed by atoms with Crippen molar-refractivity contribution in [1.82, 2.24) is 15.5 Å². The predicted molar refractivity (Wildman–Crippen MR) is 73.0 cm³/mol. The highest BCUT2D eigenvalue weighted by molar-refractivity contribution is 5.20. The Morgan fingerprint density at radius 2 is 2.21 bits per heavy atom. The van der Waals surface area contributed by atoms with Gasteiger partial charge in [0.05, 0.1) is 12.6 Å². The lowest BCUT2D eigenvalue weighted by Gasteiger charge is -2.17. The number of anilines is 1. The van der Waals surface area contributed by atoms with E-state index in [0.717, 1.165) is 32.6 Å². The van der Waals surface area contributed by atoms with Crippen molar-refractivity contribution >= 4 is 6.01 Å². The highest BCUT2D eigenvalue weighted by Gasteiger charge is 2.24. The van der Waals surface area contributed by atoms with E-state index in [1.807, 2.05) is 6.92 Å². The number of hydrogen-bond acceptors (Lipinski definition) is 6. The first-order chi connectivity index (χ1) is 9.20. The van der Waals surface area contributed by atoms with Gasteiger partial charge in [0.1, 0.15) is 0 Å². The smallest absolute Gasteiger partial charge is 0.315 e. The van der Waals surface area contributed by atoms with E-state index in [4.69, 9.17) is 9.15 Å². The fourth-order valence-corrected chi connectivity index (χ4v) is 2.18. The summed E-state index contributed by atoms with van der Waals surface area (Å²) in [6.07, 6.45) is 2.17. The molecule has 2 rings (SSSR count). The number of rotatable bonds is 7. The van der Waals surface area contributed by atoms with Crippen LogP contribution < -0.4 is 10.6 Å². The van der Waals surface area contributed by atoms with E-state index in [0.29, 0.717) is 17.8 Å². The molecule has 1 aliphatic heterocycles. The zero-order valence-corrected chi connectivity index (χ0v) is 12.0. The lowest BCUT2D eigenvalue weighted by molar-refractivity contribution is 0.183. The Balaban J connectivity index is 1.85. The molecule has 6 heteroatoms. The highest BCUT2D eigenvalue weighted by atomic mass is 16.5. The zero-order valence-electron chi connectivity index (χ0n) is 12.0. The third-order valence-electron chi connectivity index (χ3n) is 3.53. The molecule has 0 saturated carbocycles. The van der Waals surface area contributed by atoms with Crippen molar-refractivity contribution in [3.05, 3.63) is 5.89 Å². The quantitative estimate of drug-likeness (QED) is 0.787. The van der Waals surface area contributed by atoms with Gasteiger partial charge in [-0.15, -0.1) is 5.10 Å². The molecule has 6 nitrogen and oxygen atoms in total. The van der Waals surface area contributed by atoms with Crippen molar-refractivity contribution < 1.29 is 9.15 Å². The van der Waals surface area contributed by atoms with Gasteiger partial charge in [0.15, 0.2) is 0 Å². The lowest BCUT2D eigenvalue weighted by atomic mass is 10.0. The molecule has 1 aromatic rings. The second-order valence-electron chi connectivity index (χ2n) is 5.18. The maximum atomic E-state index is 5.64. The van der Waals surface area contributed by atoms with Gasteiger partial charge in [0, 0.05) is 18.6 Å². The van der Waals surface area contributed by atoms with E-state index in [9.17, 15) is 0 Å². The lowest BCUT2D eigenvalue weighted by Crippen LogP contribution is -2.26. The summed E-state index contributed by atoms with van der Waals surface area (Å²) in [6, 6.07) is 0.877. The summed E-state index contributed by atoms with van der Waals surface area (Å²) in [4.78, 5) is 0. The van der Waals surface area contributed by atoms with Crippen molar-refractivity contribution in [3.63, 3.8) is 0 Å². The molecule has 1 aromatic heterocycles. The maximum Gasteiger partial charge on any atom is 0.315 e. The number of nitrogens with zero attached hydrogens (tertiary/aromatic N) is 2.